The Kier molecular flexibility index (Phi) is 7.27. The minimum atomic E-state index is -1.62. The first-order valence-electron chi connectivity index (χ1n) is 9.42. The summed E-state index contributed by atoms with van der Waals surface area (Å²) in [5.74, 6) is -4.49. The monoisotopic (exact) mass is 606 g/mol. The van der Waals surface area contributed by atoms with Crippen molar-refractivity contribution in [2.45, 2.75) is 0 Å². The maximum atomic E-state index is 14.1. The van der Waals surface area contributed by atoms with Gasteiger partial charge in [0, 0.05) is 5.38 Å². The summed E-state index contributed by atoms with van der Waals surface area (Å²) >= 11 is 17.2. The molecule has 0 spiro atoms. The fraction of sp³-hybridized carbons (Fsp3) is 0.0952. The number of thiophene rings is 1. The number of carbonyl (C=O) groups excluding carboxylic acids is 1. The van der Waals surface area contributed by atoms with Crippen LogP contribution < -0.4 is 20.1 Å². The average molecular weight is 608 g/mol. The summed E-state index contributed by atoms with van der Waals surface area (Å²) in [4.78, 5) is 21.3. The minimum Gasteiger partial charge on any atom is -0.494 e. The van der Waals surface area contributed by atoms with E-state index in [-0.39, 0.29) is 49.8 Å². The van der Waals surface area contributed by atoms with E-state index in [0.29, 0.717) is 9.17 Å². The van der Waals surface area contributed by atoms with Crippen molar-refractivity contribution in [2.24, 2.45) is 0 Å². The van der Waals surface area contributed by atoms with Gasteiger partial charge in [0.2, 0.25) is 0 Å². The normalized spacial score (nSPS) is 11.0. The summed E-state index contributed by atoms with van der Waals surface area (Å²) in [7, 11) is 2.77. The molecule has 2 aromatic heterocycles. The smallest absolute Gasteiger partial charge is 0.258 e. The second kappa shape index (κ2) is 10.1. The number of hydrogen-bond acceptors (Lipinski definition) is 7. The summed E-state index contributed by atoms with van der Waals surface area (Å²) in [5, 5.41) is 6.80. The highest BCUT2D eigenvalue weighted by Crippen LogP contribution is 2.50. The number of halogens is 6. The third-order valence-electron chi connectivity index (χ3n) is 4.77. The molecule has 7 nitrogen and oxygen atoms in total. The third-order valence-corrected chi connectivity index (χ3v) is 7.19. The maximum Gasteiger partial charge on any atom is 0.258 e. The van der Waals surface area contributed by atoms with Crippen molar-refractivity contribution in [1.29, 1.82) is 0 Å². The molecule has 2 N–H and O–H groups in total. The van der Waals surface area contributed by atoms with Gasteiger partial charge in [-0.3, -0.25) is 4.79 Å². The number of methoxy groups -OCH3 is 2. The van der Waals surface area contributed by atoms with E-state index in [0.717, 1.165) is 29.8 Å². The fourth-order valence-electron chi connectivity index (χ4n) is 3.12. The van der Waals surface area contributed by atoms with E-state index in [1.807, 2.05) is 0 Å². The molecule has 182 valence electrons. The first-order chi connectivity index (χ1) is 16.7. The van der Waals surface area contributed by atoms with Crippen molar-refractivity contribution in [3.63, 3.8) is 0 Å². The van der Waals surface area contributed by atoms with Gasteiger partial charge >= 0.3 is 0 Å². The standard InChI is InChI=1S/C21H12BrCl2F3N4O3S/c1-33-17-10(22)18(34-2)12(24)16(11(17)23)31-21(32)7-5-35-19-15(7)28-6-29-20(19)30-9-4-3-8(25)13(26)14(9)27/h3-6H,1-2H3,(H,31,32)(H,28,29,30). The van der Waals surface area contributed by atoms with Gasteiger partial charge in [-0.05, 0) is 28.1 Å². The van der Waals surface area contributed by atoms with Gasteiger partial charge in [-0.2, -0.15) is 0 Å². The Bertz CT molecular complexity index is 1460. The van der Waals surface area contributed by atoms with Crippen LogP contribution >= 0.6 is 50.5 Å². The number of rotatable bonds is 6. The third kappa shape index (κ3) is 4.46. The second-order valence-electron chi connectivity index (χ2n) is 6.73. The van der Waals surface area contributed by atoms with Crippen molar-refractivity contribution in [2.75, 3.05) is 24.9 Å². The van der Waals surface area contributed by atoms with E-state index >= 15 is 0 Å². The number of carbonyl (C=O) groups is 1. The Balaban J connectivity index is 1.72. The number of nitrogens with one attached hydrogen (secondary N) is 2. The molecule has 0 bridgehead atoms. The van der Waals surface area contributed by atoms with Gasteiger partial charge in [0.1, 0.15) is 20.8 Å². The Morgan fingerprint density at radius 3 is 2.34 bits per heavy atom. The molecule has 35 heavy (non-hydrogen) atoms. The van der Waals surface area contributed by atoms with Gasteiger partial charge in [0.05, 0.1) is 41.4 Å². The molecule has 1 amide bonds. The molecule has 0 saturated carbocycles. The van der Waals surface area contributed by atoms with Crippen LogP contribution in [0.3, 0.4) is 0 Å². The first kappa shape index (κ1) is 25.3. The number of benzene rings is 2. The van der Waals surface area contributed by atoms with Crippen molar-refractivity contribution in [3.05, 3.63) is 61.4 Å². The first-order valence-corrected chi connectivity index (χ1v) is 11.8. The van der Waals surface area contributed by atoms with Crippen LogP contribution in [0.1, 0.15) is 10.4 Å². The summed E-state index contributed by atoms with van der Waals surface area (Å²) in [5.41, 5.74) is 0.0623. The lowest BCUT2D eigenvalue weighted by Crippen LogP contribution is -2.13. The molecular weight excluding hydrogens is 596 g/mol. The summed E-state index contributed by atoms with van der Waals surface area (Å²) in [6.07, 6.45) is 1.14. The minimum absolute atomic E-state index is 0.0313. The Hall–Kier alpha value is -2.80. The Morgan fingerprint density at radius 2 is 1.71 bits per heavy atom. The molecule has 0 aliphatic carbocycles. The molecule has 0 radical (unpaired) electrons. The second-order valence-corrected chi connectivity index (χ2v) is 9.16. The van der Waals surface area contributed by atoms with Crippen LogP contribution in [0.15, 0.2) is 28.3 Å². The van der Waals surface area contributed by atoms with E-state index < -0.39 is 23.4 Å². The largest absolute Gasteiger partial charge is 0.494 e. The van der Waals surface area contributed by atoms with Gasteiger partial charge in [0.15, 0.2) is 34.8 Å². The summed E-state index contributed by atoms with van der Waals surface area (Å²) < 4.78 is 52.3. The van der Waals surface area contributed by atoms with Crippen LogP contribution in [0.5, 0.6) is 11.5 Å². The maximum absolute atomic E-state index is 14.1. The molecule has 2 heterocycles. The van der Waals surface area contributed by atoms with Gasteiger partial charge in [-0.25, -0.2) is 23.1 Å². The number of ether oxygens (including phenoxy) is 2. The zero-order valence-corrected chi connectivity index (χ0v) is 21.5. The van der Waals surface area contributed by atoms with E-state index in [1.54, 1.807) is 0 Å². The summed E-state index contributed by atoms with van der Waals surface area (Å²) in [6.45, 7) is 0. The number of aromatic nitrogens is 2. The lowest BCUT2D eigenvalue weighted by molar-refractivity contribution is 0.102. The van der Waals surface area contributed by atoms with Crippen molar-refractivity contribution >= 4 is 83.8 Å². The van der Waals surface area contributed by atoms with Gasteiger partial charge < -0.3 is 20.1 Å². The predicted octanol–water partition coefficient (Wildman–Crippen LogP) is 7.19. The number of hydrogen-bond donors (Lipinski definition) is 2. The SMILES string of the molecule is COc1c(Cl)c(NC(=O)c2csc3c(Nc4ccc(F)c(F)c4F)ncnc23)c(Cl)c(OC)c1Br. The zero-order valence-electron chi connectivity index (χ0n) is 17.6. The molecule has 0 unspecified atom stereocenters. The molecule has 0 saturated heterocycles. The fourth-order valence-corrected chi connectivity index (χ4v) is 5.69. The lowest BCUT2D eigenvalue weighted by atomic mass is 10.2. The van der Waals surface area contributed by atoms with Crippen molar-refractivity contribution < 1.29 is 27.4 Å². The van der Waals surface area contributed by atoms with Gasteiger partial charge in [-0.15, -0.1) is 11.3 Å². The molecule has 0 fully saturated rings. The lowest BCUT2D eigenvalue weighted by Gasteiger charge is -2.17. The summed E-state index contributed by atoms with van der Waals surface area (Å²) in [6, 6.07) is 1.81. The van der Waals surface area contributed by atoms with E-state index in [9.17, 15) is 18.0 Å². The Labute approximate surface area is 218 Å². The van der Waals surface area contributed by atoms with E-state index in [1.165, 1.54) is 19.6 Å². The molecule has 4 aromatic rings. The molecule has 0 atom stereocenters. The van der Waals surface area contributed by atoms with Crippen molar-refractivity contribution in [1.82, 2.24) is 9.97 Å². The highest BCUT2D eigenvalue weighted by Gasteiger charge is 2.26. The van der Waals surface area contributed by atoms with E-state index in [2.05, 4.69) is 36.5 Å². The van der Waals surface area contributed by atoms with Crippen molar-refractivity contribution in [3.8, 4) is 11.5 Å². The van der Waals surface area contributed by atoms with Crippen LogP contribution in [0.25, 0.3) is 10.2 Å². The molecule has 14 heteroatoms. The van der Waals surface area contributed by atoms with Crippen LogP contribution in [-0.2, 0) is 0 Å². The number of amides is 1. The van der Waals surface area contributed by atoms with E-state index in [4.69, 9.17) is 32.7 Å². The molecule has 2 aromatic carbocycles. The molecule has 4 rings (SSSR count). The number of fused-ring (bicyclic) bond motifs is 1. The van der Waals surface area contributed by atoms with Crippen LogP contribution in [0, 0.1) is 17.5 Å². The van der Waals surface area contributed by atoms with Gasteiger partial charge in [-0.1, -0.05) is 23.2 Å². The number of nitrogens with zero attached hydrogens (tertiary/aromatic N) is 2. The number of anilines is 3. The zero-order chi connectivity index (χ0) is 25.4. The molecular formula is C21H12BrCl2F3N4O3S. The predicted molar refractivity (Wildman–Crippen MR) is 132 cm³/mol. The van der Waals surface area contributed by atoms with Crippen LogP contribution in [0.4, 0.5) is 30.4 Å². The average Bonchev–Trinajstić information content (AvgIpc) is 3.28. The van der Waals surface area contributed by atoms with Crippen LogP contribution in [-0.4, -0.2) is 30.1 Å². The highest BCUT2D eigenvalue weighted by atomic mass is 79.9. The molecule has 0 aliphatic rings. The van der Waals surface area contributed by atoms with Gasteiger partial charge in [0.25, 0.3) is 5.91 Å². The highest BCUT2D eigenvalue weighted by molar-refractivity contribution is 9.10. The topological polar surface area (TPSA) is 85.4 Å². The molecule has 0 aliphatic heterocycles. The van der Waals surface area contributed by atoms with Crippen LogP contribution in [0.2, 0.25) is 10.0 Å². The quantitative estimate of drug-likeness (QED) is 0.226. The Morgan fingerprint density at radius 1 is 1.06 bits per heavy atom.